The second-order valence-electron chi connectivity index (χ2n) is 4.34. The molecule has 0 radical (unpaired) electrons. The van der Waals surface area contributed by atoms with Crippen LogP contribution in [0.5, 0.6) is 0 Å². The molecule has 1 aliphatic heterocycles. The van der Waals surface area contributed by atoms with Crippen molar-refractivity contribution in [3.63, 3.8) is 0 Å². The van der Waals surface area contributed by atoms with Crippen molar-refractivity contribution in [2.45, 2.75) is 26.0 Å². The van der Waals surface area contributed by atoms with Crippen molar-refractivity contribution < 1.29 is 22.8 Å². The fraction of sp³-hybridized carbons (Fsp3) is 0.700. The van der Waals surface area contributed by atoms with Crippen molar-refractivity contribution in [2.75, 3.05) is 19.6 Å². The molecular formula is C10H17N3O5S. The number of sulfonamides is 1. The van der Waals surface area contributed by atoms with Crippen molar-refractivity contribution in [3.8, 4) is 0 Å². The Bertz CT molecular complexity index is 499. The molecule has 1 aliphatic rings. The number of likely N-dealkylation sites (N-methyl/N-ethyl adjacent to an activating group) is 1. The van der Waals surface area contributed by atoms with Gasteiger partial charge >= 0.3 is 17.8 Å². The maximum atomic E-state index is 11.7. The number of hydrogen-bond acceptors (Lipinski definition) is 5. The van der Waals surface area contributed by atoms with Crippen LogP contribution in [-0.4, -0.2) is 60.9 Å². The molecule has 108 valence electrons. The Morgan fingerprint density at radius 3 is 2.32 bits per heavy atom. The maximum absolute atomic E-state index is 11.7. The van der Waals surface area contributed by atoms with E-state index in [1.54, 1.807) is 11.6 Å². The summed E-state index contributed by atoms with van der Waals surface area (Å²) < 4.78 is 24.8. The van der Waals surface area contributed by atoms with Crippen LogP contribution < -0.4 is 4.72 Å². The Balaban J connectivity index is 2.80. The van der Waals surface area contributed by atoms with Crippen LogP contribution in [0, 0.1) is 0 Å². The van der Waals surface area contributed by atoms with Crippen LogP contribution in [-0.2, 0) is 19.6 Å². The number of imide groups is 1. The first kappa shape index (κ1) is 15.4. The van der Waals surface area contributed by atoms with E-state index in [2.05, 4.69) is 0 Å². The number of carbonyl (C=O) groups is 3. The largest absolute Gasteiger partial charge is 0.338 e. The number of hydrogen-bond donors (Lipinski definition) is 1. The minimum atomic E-state index is -3.83. The molecule has 1 rings (SSSR count). The molecule has 9 heteroatoms. The fourth-order valence-electron chi connectivity index (χ4n) is 1.46. The molecule has 0 aromatic heterocycles. The summed E-state index contributed by atoms with van der Waals surface area (Å²) in [6.45, 7) is 5.07. The zero-order chi connectivity index (χ0) is 14.8. The first-order valence-corrected chi connectivity index (χ1v) is 7.41. The van der Waals surface area contributed by atoms with Gasteiger partial charge in [-0.3, -0.25) is 14.5 Å². The van der Waals surface area contributed by atoms with E-state index in [0.717, 1.165) is 0 Å². The molecule has 0 bridgehead atoms. The van der Waals surface area contributed by atoms with Gasteiger partial charge < -0.3 is 4.90 Å². The number of carbonyl (C=O) groups excluding carboxylic acids is 3. The Kier molecular flexibility index (Phi) is 4.51. The van der Waals surface area contributed by atoms with Crippen LogP contribution in [0.25, 0.3) is 0 Å². The molecule has 0 atom stereocenters. The molecule has 19 heavy (non-hydrogen) atoms. The lowest BCUT2D eigenvalue weighted by Crippen LogP contribution is -2.59. The van der Waals surface area contributed by atoms with Crippen molar-refractivity contribution in [1.29, 1.82) is 0 Å². The summed E-state index contributed by atoms with van der Waals surface area (Å²) in [5, 5.41) is -0.806. The van der Waals surface area contributed by atoms with E-state index in [0.29, 0.717) is 11.4 Å². The van der Waals surface area contributed by atoms with E-state index in [4.69, 9.17) is 0 Å². The summed E-state index contributed by atoms with van der Waals surface area (Å²) in [4.78, 5) is 36.9. The quantitative estimate of drug-likeness (QED) is 0.680. The lowest BCUT2D eigenvalue weighted by Gasteiger charge is -2.31. The van der Waals surface area contributed by atoms with Crippen LogP contribution in [0.1, 0.15) is 20.8 Å². The molecule has 0 saturated carbocycles. The molecule has 8 nitrogen and oxygen atoms in total. The second kappa shape index (κ2) is 5.55. The van der Waals surface area contributed by atoms with E-state index in [9.17, 15) is 22.8 Å². The van der Waals surface area contributed by atoms with Crippen molar-refractivity contribution in [2.24, 2.45) is 0 Å². The van der Waals surface area contributed by atoms with E-state index < -0.39 is 33.1 Å². The van der Waals surface area contributed by atoms with Gasteiger partial charge in [-0.15, -0.1) is 0 Å². The van der Waals surface area contributed by atoms with Crippen LogP contribution in [0.4, 0.5) is 4.79 Å². The predicted octanol–water partition coefficient (Wildman–Crippen LogP) is -0.875. The second-order valence-corrected chi connectivity index (χ2v) is 6.58. The Morgan fingerprint density at radius 1 is 1.26 bits per heavy atom. The zero-order valence-electron chi connectivity index (χ0n) is 11.0. The van der Waals surface area contributed by atoms with Crippen LogP contribution in [0.3, 0.4) is 0 Å². The first-order valence-electron chi connectivity index (χ1n) is 5.87. The number of rotatable bonds is 3. The molecule has 4 amide bonds. The summed E-state index contributed by atoms with van der Waals surface area (Å²) in [5.74, 6) is -1.81. The van der Waals surface area contributed by atoms with Crippen LogP contribution in [0.2, 0.25) is 0 Å². The Hall–Kier alpha value is -1.64. The van der Waals surface area contributed by atoms with Crippen molar-refractivity contribution in [3.05, 3.63) is 0 Å². The standard InChI is InChI=1S/C10H17N3O5S/c1-4-12-5-6-13(9(15)8(12)14)10(16)11-19(17,18)7(2)3/h7H,4-6H2,1-3H3,(H,11,16). The smallest absolute Gasteiger partial charge is 0.333 e. The number of nitrogens with one attached hydrogen (secondary N) is 1. The highest BCUT2D eigenvalue weighted by Gasteiger charge is 2.36. The predicted molar refractivity (Wildman–Crippen MR) is 66.6 cm³/mol. The van der Waals surface area contributed by atoms with E-state index in [1.165, 1.54) is 18.7 Å². The lowest BCUT2D eigenvalue weighted by molar-refractivity contribution is -0.153. The lowest BCUT2D eigenvalue weighted by atomic mass is 10.3. The van der Waals surface area contributed by atoms with Crippen molar-refractivity contribution in [1.82, 2.24) is 14.5 Å². The van der Waals surface area contributed by atoms with Crippen LogP contribution in [0.15, 0.2) is 0 Å². The molecule has 1 N–H and O–H groups in total. The number of piperazine rings is 1. The number of nitrogens with zero attached hydrogens (tertiary/aromatic N) is 2. The highest BCUT2D eigenvalue weighted by molar-refractivity contribution is 7.90. The number of urea groups is 1. The monoisotopic (exact) mass is 291 g/mol. The molecule has 0 aromatic rings. The summed E-state index contributed by atoms with van der Waals surface area (Å²) >= 11 is 0. The normalized spacial score (nSPS) is 17.1. The summed E-state index contributed by atoms with van der Waals surface area (Å²) in [5.41, 5.74) is 0. The molecule has 1 heterocycles. The molecule has 0 aromatic carbocycles. The van der Waals surface area contributed by atoms with Gasteiger partial charge in [0.15, 0.2) is 0 Å². The Morgan fingerprint density at radius 2 is 1.84 bits per heavy atom. The minimum absolute atomic E-state index is 0.0160. The van der Waals surface area contributed by atoms with E-state index in [1.807, 2.05) is 0 Å². The molecular weight excluding hydrogens is 274 g/mol. The van der Waals surface area contributed by atoms with Gasteiger partial charge in [-0.05, 0) is 20.8 Å². The van der Waals surface area contributed by atoms with Gasteiger partial charge in [-0.1, -0.05) is 0 Å². The third-order valence-electron chi connectivity index (χ3n) is 2.79. The molecule has 1 saturated heterocycles. The molecule has 0 aliphatic carbocycles. The van der Waals surface area contributed by atoms with Gasteiger partial charge in [-0.2, -0.15) is 0 Å². The first-order chi connectivity index (χ1) is 8.70. The Labute approximate surface area is 111 Å². The number of amides is 4. The van der Waals surface area contributed by atoms with Gasteiger partial charge in [0.05, 0.1) is 5.25 Å². The van der Waals surface area contributed by atoms with E-state index in [-0.39, 0.29) is 13.1 Å². The molecule has 1 fully saturated rings. The van der Waals surface area contributed by atoms with Crippen LogP contribution >= 0.6 is 0 Å². The third-order valence-corrected chi connectivity index (χ3v) is 4.49. The minimum Gasteiger partial charge on any atom is -0.333 e. The fourth-order valence-corrected chi connectivity index (χ4v) is 2.05. The van der Waals surface area contributed by atoms with Gasteiger partial charge in [0.2, 0.25) is 10.0 Å². The third kappa shape index (κ3) is 3.22. The van der Waals surface area contributed by atoms with Crippen molar-refractivity contribution >= 4 is 27.9 Å². The SMILES string of the molecule is CCN1CCN(C(=O)NS(=O)(=O)C(C)C)C(=O)C1=O. The molecule has 0 unspecified atom stereocenters. The molecule has 0 spiro atoms. The average Bonchev–Trinajstić information content (AvgIpc) is 2.31. The topological polar surface area (TPSA) is 104 Å². The average molecular weight is 291 g/mol. The van der Waals surface area contributed by atoms with Gasteiger partial charge in [0.1, 0.15) is 0 Å². The summed E-state index contributed by atoms with van der Waals surface area (Å²) in [6, 6.07) is -1.08. The summed E-state index contributed by atoms with van der Waals surface area (Å²) in [6.07, 6.45) is 0. The zero-order valence-corrected chi connectivity index (χ0v) is 11.9. The van der Waals surface area contributed by atoms with Gasteiger partial charge in [0, 0.05) is 19.6 Å². The van der Waals surface area contributed by atoms with Gasteiger partial charge in [0.25, 0.3) is 0 Å². The highest BCUT2D eigenvalue weighted by Crippen LogP contribution is 2.06. The highest BCUT2D eigenvalue weighted by atomic mass is 32.2. The van der Waals surface area contributed by atoms with E-state index >= 15 is 0 Å². The van der Waals surface area contributed by atoms with Gasteiger partial charge in [-0.25, -0.2) is 17.9 Å². The maximum Gasteiger partial charge on any atom is 0.338 e. The summed E-state index contributed by atoms with van der Waals surface area (Å²) in [7, 11) is -3.83.